The molecule has 1 heterocycles. The monoisotopic (exact) mass is 337 g/mol. The maximum Gasteiger partial charge on any atom is 0.409 e. The van der Waals surface area contributed by atoms with Crippen molar-refractivity contribution in [3.8, 4) is 0 Å². The van der Waals surface area contributed by atoms with Crippen LogP contribution in [0.25, 0.3) is 0 Å². The summed E-state index contributed by atoms with van der Waals surface area (Å²) in [5.74, 6) is 0. The van der Waals surface area contributed by atoms with Gasteiger partial charge in [-0.1, -0.05) is 0 Å². The Hall–Kier alpha value is -0.790. The largest absolute Gasteiger partial charge is 0.447 e. The Morgan fingerprint density at radius 3 is 2.23 bits per heavy atom. The lowest BCUT2D eigenvalue weighted by Gasteiger charge is -2.40. The molecule has 1 aliphatic rings. The minimum Gasteiger partial charge on any atom is -0.447 e. The third-order valence-electron chi connectivity index (χ3n) is 2.72. The maximum atomic E-state index is 11.7. The lowest BCUT2D eigenvalue weighted by Crippen LogP contribution is -2.48. The molecule has 0 aromatic rings. The fraction of sp³-hybridized carbons (Fsp3) is 0.846. The first kappa shape index (κ1) is 21.2. The zero-order chi connectivity index (χ0) is 17.1. The van der Waals surface area contributed by atoms with Crippen molar-refractivity contribution >= 4 is 21.3 Å². The predicted octanol–water partition coefficient (Wildman–Crippen LogP) is 0.762. The number of hydrogen-bond donors (Lipinski definition) is 1. The highest BCUT2D eigenvalue weighted by atomic mass is 31.2. The van der Waals surface area contributed by atoms with E-state index in [-0.39, 0.29) is 25.4 Å². The van der Waals surface area contributed by atoms with Gasteiger partial charge in [0.1, 0.15) is 13.4 Å². The van der Waals surface area contributed by atoms with Gasteiger partial charge in [-0.2, -0.15) is 0 Å². The quantitative estimate of drug-likeness (QED) is 0.717. The van der Waals surface area contributed by atoms with E-state index in [1.54, 1.807) is 4.90 Å². The molecular weight excluding hydrogens is 309 g/mol. The average molecular weight is 337 g/mol. The first-order valence-corrected chi connectivity index (χ1v) is 8.32. The van der Waals surface area contributed by atoms with E-state index in [9.17, 15) is 4.79 Å². The summed E-state index contributed by atoms with van der Waals surface area (Å²) in [5, 5.41) is 8.65. The zero-order valence-electron chi connectivity index (χ0n) is 13.9. The van der Waals surface area contributed by atoms with Crippen LogP contribution in [0, 0.1) is 0 Å². The Balaban J connectivity index is 0.00000211. The molecule has 1 saturated heterocycles. The summed E-state index contributed by atoms with van der Waals surface area (Å²) in [6.07, 6.45) is -0.172. The smallest absolute Gasteiger partial charge is 0.409 e. The number of nitrogens with zero attached hydrogens (tertiary/aromatic N) is 3. The van der Waals surface area contributed by atoms with Gasteiger partial charge in [-0.3, -0.25) is 4.67 Å². The third kappa shape index (κ3) is 7.47. The SMILES string of the molecule is C=O.CC(C)OP(N(C)C)N1CCN(C(=O)OCCO)CC1. The Labute approximate surface area is 133 Å². The second kappa shape index (κ2) is 11.7. The molecule has 1 N–H and O–H groups in total. The van der Waals surface area contributed by atoms with Gasteiger partial charge in [0, 0.05) is 26.2 Å². The fourth-order valence-electron chi connectivity index (χ4n) is 1.88. The van der Waals surface area contributed by atoms with Gasteiger partial charge < -0.3 is 24.1 Å². The molecule has 1 fully saturated rings. The van der Waals surface area contributed by atoms with E-state index in [1.807, 2.05) is 34.7 Å². The molecule has 1 rings (SSSR count). The van der Waals surface area contributed by atoms with Crippen LogP contribution >= 0.6 is 8.45 Å². The number of carbonyl (C=O) groups is 2. The number of aliphatic hydroxyl groups excluding tert-OH is 1. The van der Waals surface area contributed by atoms with Crippen LogP contribution in [0.4, 0.5) is 4.79 Å². The number of aliphatic hydroxyl groups is 1. The molecule has 1 amide bonds. The van der Waals surface area contributed by atoms with Crippen LogP contribution in [-0.4, -0.2) is 91.8 Å². The first-order chi connectivity index (χ1) is 10.5. The highest BCUT2D eigenvalue weighted by Crippen LogP contribution is 2.44. The van der Waals surface area contributed by atoms with Crippen LogP contribution in [0.1, 0.15) is 13.8 Å². The number of hydrogen-bond acceptors (Lipinski definition) is 7. The Morgan fingerprint density at radius 1 is 1.27 bits per heavy atom. The number of rotatable bonds is 6. The molecule has 130 valence electrons. The summed E-state index contributed by atoms with van der Waals surface area (Å²) in [6.45, 7) is 8.76. The van der Waals surface area contributed by atoms with Gasteiger partial charge in [-0.25, -0.2) is 9.46 Å². The summed E-state index contributed by atoms with van der Waals surface area (Å²) in [7, 11) is 3.24. The van der Waals surface area contributed by atoms with Gasteiger partial charge >= 0.3 is 6.09 Å². The van der Waals surface area contributed by atoms with Crippen molar-refractivity contribution in [3.05, 3.63) is 0 Å². The summed E-state index contributed by atoms with van der Waals surface area (Å²) >= 11 is 0. The van der Waals surface area contributed by atoms with Crippen molar-refractivity contribution < 1.29 is 24.0 Å². The van der Waals surface area contributed by atoms with E-state index in [0.29, 0.717) is 13.1 Å². The minimum absolute atomic E-state index is 0.0555. The van der Waals surface area contributed by atoms with Gasteiger partial charge in [0.05, 0.1) is 12.7 Å². The van der Waals surface area contributed by atoms with Gasteiger partial charge in [-0.15, -0.1) is 0 Å². The molecule has 0 aromatic carbocycles. The highest BCUT2D eigenvalue weighted by molar-refractivity contribution is 7.47. The van der Waals surface area contributed by atoms with E-state index < -0.39 is 8.45 Å². The lowest BCUT2D eigenvalue weighted by molar-refractivity contribution is -0.0980. The Morgan fingerprint density at radius 2 is 1.82 bits per heavy atom. The van der Waals surface area contributed by atoms with E-state index >= 15 is 0 Å². The molecule has 0 bridgehead atoms. The number of piperazine rings is 1. The predicted molar refractivity (Wildman–Crippen MR) is 85.5 cm³/mol. The summed E-state index contributed by atoms with van der Waals surface area (Å²) in [6, 6.07) is 0. The van der Waals surface area contributed by atoms with Gasteiger partial charge in [0.15, 0.2) is 8.45 Å². The van der Waals surface area contributed by atoms with E-state index in [0.717, 1.165) is 13.1 Å². The van der Waals surface area contributed by atoms with Gasteiger partial charge in [-0.05, 0) is 27.9 Å². The molecule has 0 aromatic heterocycles. The Bertz CT molecular complexity index is 312. The second-order valence-corrected chi connectivity index (χ2v) is 7.11. The van der Waals surface area contributed by atoms with Crippen molar-refractivity contribution in [3.63, 3.8) is 0 Å². The average Bonchev–Trinajstić information content (AvgIpc) is 2.52. The second-order valence-electron chi connectivity index (χ2n) is 5.03. The molecule has 1 aliphatic heterocycles. The number of carbonyl (C=O) groups excluding carboxylic acids is 2. The van der Waals surface area contributed by atoms with Crippen molar-refractivity contribution in [2.45, 2.75) is 20.0 Å². The molecule has 22 heavy (non-hydrogen) atoms. The van der Waals surface area contributed by atoms with Crippen molar-refractivity contribution in [2.75, 3.05) is 53.5 Å². The maximum absolute atomic E-state index is 11.7. The fourth-order valence-corrected chi connectivity index (χ4v) is 3.60. The molecule has 0 saturated carbocycles. The van der Waals surface area contributed by atoms with Gasteiger partial charge in [0.25, 0.3) is 0 Å². The van der Waals surface area contributed by atoms with Crippen LogP contribution in [-0.2, 0) is 14.1 Å². The van der Waals surface area contributed by atoms with E-state index in [4.69, 9.17) is 19.2 Å². The van der Waals surface area contributed by atoms with Crippen LogP contribution in [0.3, 0.4) is 0 Å². The van der Waals surface area contributed by atoms with Crippen LogP contribution in [0.5, 0.6) is 0 Å². The minimum atomic E-state index is -0.779. The normalized spacial score (nSPS) is 17.1. The van der Waals surface area contributed by atoms with Gasteiger partial charge in [0.2, 0.25) is 0 Å². The lowest BCUT2D eigenvalue weighted by atomic mass is 10.4. The standard InChI is InChI=1S/C12H26N3O4P.CH2O/c1-11(2)19-20(13(3)4)15-7-5-14(6-8-15)12(17)18-10-9-16;1-2/h11,16H,5-10H2,1-4H3;1H2. The topological polar surface area (TPSA) is 82.6 Å². The van der Waals surface area contributed by atoms with Crippen molar-refractivity contribution in [1.82, 2.24) is 14.2 Å². The third-order valence-corrected chi connectivity index (χ3v) is 4.90. The number of amides is 1. The van der Waals surface area contributed by atoms with E-state index in [2.05, 4.69) is 9.34 Å². The molecular formula is C13H28N3O5P. The highest BCUT2D eigenvalue weighted by Gasteiger charge is 2.29. The summed E-state index contributed by atoms with van der Waals surface area (Å²) in [4.78, 5) is 21.4. The molecule has 8 nitrogen and oxygen atoms in total. The summed E-state index contributed by atoms with van der Waals surface area (Å²) < 4.78 is 15.2. The van der Waals surface area contributed by atoms with Crippen LogP contribution in [0.2, 0.25) is 0 Å². The zero-order valence-corrected chi connectivity index (χ0v) is 14.8. The molecule has 1 atom stereocenters. The van der Waals surface area contributed by atoms with Crippen LogP contribution < -0.4 is 0 Å². The number of ether oxygens (including phenoxy) is 1. The molecule has 9 heteroatoms. The molecule has 0 spiro atoms. The summed E-state index contributed by atoms with van der Waals surface area (Å²) in [5.41, 5.74) is 0. The molecule has 1 unspecified atom stereocenters. The van der Waals surface area contributed by atoms with Crippen molar-refractivity contribution in [1.29, 1.82) is 0 Å². The van der Waals surface area contributed by atoms with E-state index in [1.165, 1.54) is 0 Å². The first-order valence-electron chi connectivity index (χ1n) is 7.16. The van der Waals surface area contributed by atoms with Crippen molar-refractivity contribution in [2.24, 2.45) is 0 Å². The molecule has 0 radical (unpaired) electrons. The molecule has 0 aliphatic carbocycles. The van der Waals surface area contributed by atoms with Crippen LogP contribution in [0.15, 0.2) is 0 Å². The Kier molecular flexibility index (Phi) is 11.3.